The van der Waals surface area contributed by atoms with Crippen molar-refractivity contribution in [2.75, 3.05) is 19.4 Å². The van der Waals surface area contributed by atoms with Crippen LogP contribution in [0, 0.1) is 0 Å². The van der Waals surface area contributed by atoms with Crippen molar-refractivity contribution in [3.63, 3.8) is 0 Å². The summed E-state index contributed by atoms with van der Waals surface area (Å²) < 4.78 is 7.26. The molecule has 0 bridgehead atoms. The summed E-state index contributed by atoms with van der Waals surface area (Å²) in [5, 5.41) is 5.31. The van der Waals surface area contributed by atoms with Crippen LogP contribution in [0.3, 0.4) is 0 Å². The highest BCUT2D eigenvalue weighted by Gasteiger charge is 2.29. The lowest BCUT2D eigenvalue weighted by molar-refractivity contribution is 0.203. The Hall–Kier alpha value is -3.13. The minimum Gasteiger partial charge on any atom is -0.494 e. The Kier molecular flexibility index (Phi) is 8.17. The third-order valence-corrected chi connectivity index (χ3v) is 9.12. The van der Waals surface area contributed by atoms with Crippen LogP contribution in [0.2, 0.25) is 5.02 Å². The number of aromatic nitrogens is 2. The van der Waals surface area contributed by atoms with Gasteiger partial charge in [0.25, 0.3) is 0 Å². The molecule has 0 unspecified atom stereocenters. The first kappa shape index (κ1) is 26.5. The Balaban J connectivity index is 1.53. The Labute approximate surface area is 233 Å². The Morgan fingerprint density at radius 2 is 1.87 bits per heavy atom. The van der Waals surface area contributed by atoms with Crippen LogP contribution in [0.15, 0.2) is 61.4 Å². The molecule has 2 aromatic heterocycles. The van der Waals surface area contributed by atoms with E-state index in [4.69, 9.17) is 22.1 Å². The fourth-order valence-corrected chi connectivity index (χ4v) is 6.83. The smallest absolute Gasteiger partial charge is 0.219 e. The second kappa shape index (κ2) is 11.7. The number of fused-ring (bicyclic) bond motifs is 1. The van der Waals surface area contributed by atoms with E-state index < -0.39 is 0 Å². The van der Waals surface area contributed by atoms with Gasteiger partial charge in [-0.05, 0) is 63.4 Å². The zero-order valence-corrected chi connectivity index (χ0v) is 23.5. The molecule has 2 heterocycles. The number of hydrogen-bond donors (Lipinski definition) is 2. The quantitative estimate of drug-likeness (QED) is 0.235. The van der Waals surface area contributed by atoms with Gasteiger partial charge in [-0.15, -0.1) is 11.3 Å². The Morgan fingerprint density at radius 3 is 2.55 bits per heavy atom. The fourth-order valence-electron chi connectivity index (χ4n) is 5.30. The molecule has 5 rings (SSSR count). The summed E-state index contributed by atoms with van der Waals surface area (Å²) in [5.74, 6) is 1.14. The van der Waals surface area contributed by atoms with Crippen LogP contribution in [0.4, 0.5) is 5.95 Å². The van der Waals surface area contributed by atoms with Crippen LogP contribution in [0.5, 0.6) is 5.75 Å². The van der Waals surface area contributed by atoms with Gasteiger partial charge in [0.05, 0.1) is 16.5 Å². The van der Waals surface area contributed by atoms with Gasteiger partial charge in [0.2, 0.25) is 5.95 Å². The molecule has 0 spiro atoms. The van der Waals surface area contributed by atoms with Crippen molar-refractivity contribution in [1.82, 2.24) is 20.2 Å². The highest BCUT2D eigenvalue weighted by molar-refractivity contribution is 7.20. The molecule has 1 aliphatic carbocycles. The number of nitrogens with zero attached hydrogens (tertiary/aromatic N) is 3. The number of nitrogens with one attached hydrogen (secondary N) is 1. The number of nitrogen functional groups attached to an aromatic ring is 1. The number of rotatable bonds is 9. The van der Waals surface area contributed by atoms with E-state index in [2.05, 4.69) is 58.1 Å². The third-order valence-electron chi connectivity index (χ3n) is 7.40. The summed E-state index contributed by atoms with van der Waals surface area (Å²) in [4.78, 5) is 11.8. The fraction of sp³-hybridized carbons (Fsp3) is 0.333. The van der Waals surface area contributed by atoms with Crippen molar-refractivity contribution in [3.05, 3.63) is 76.9 Å². The molecule has 1 aliphatic rings. The van der Waals surface area contributed by atoms with Gasteiger partial charge in [0.1, 0.15) is 5.75 Å². The van der Waals surface area contributed by atoms with E-state index in [1.807, 2.05) is 25.1 Å². The Morgan fingerprint density at radius 1 is 1.13 bits per heavy atom. The van der Waals surface area contributed by atoms with Crippen molar-refractivity contribution >= 4 is 44.7 Å². The van der Waals surface area contributed by atoms with Gasteiger partial charge >= 0.3 is 0 Å². The molecule has 3 N–H and O–H groups in total. The average molecular weight is 548 g/mol. The van der Waals surface area contributed by atoms with Gasteiger partial charge in [0, 0.05) is 57.9 Å². The van der Waals surface area contributed by atoms with E-state index in [9.17, 15) is 0 Å². The molecule has 8 heteroatoms. The summed E-state index contributed by atoms with van der Waals surface area (Å²) >= 11 is 8.66. The van der Waals surface area contributed by atoms with Crippen LogP contribution >= 0.6 is 22.9 Å². The molecule has 4 aromatic rings. The van der Waals surface area contributed by atoms with E-state index in [1.54, 1.807) is 23.7 Å². The lowest BCUT2D eigenvalue weighted by Gasteiger charge is -2.39. The van der Waals surface area contributed by atoms with Gasteiger partial charge in [-0.25, -0.2) is 9.97 Å². The van der Waals surface area contributed by atoms with E-state index in [0.717, 1.165) is 69.1 Å². The first-order chi connectivity index (χ1) is 18.5. The molecule has 38 heavy (non-hydrogen) atoms. The summed E-state index contributed by atoms with van der Waals surface area (Å²) in [5.41, 5.74) is 9.71. The molecule has 0 aliphatic heterocycles. The van der Waals surface area contributed by atoms with Crippen molar-refractivity contribution in [2.45, 2.75) is 51.2 Å². The SMILES string of the molecule is C=C(c1sc2ccccc2c1Cl)N(Cc1cc(-c2cnc(N)nc2)ccc1OCC)[C@H]1CC[C@H](NC)CC1. The number of nitrogens with two attached hydrogens (primary N) is 1. The Bertz CT molecular complexity index is 1410. The molecular formula is C30H34ClN5OS. The largest absolute Gasteiger partial charge is 0.494 e. The molecule has 0 atom stereocenters. The normalized spacial score (nSPS) is 17.4. The summed E-state index contributed by atoms with van der Waals surface area (Å²) in [6.45, 7) is 7.89. The molecular weight excluding hydrogens is 514 g/mol. The number of anilines is 1. The van der Waals surface area contributed by atoms with Crippen LogP contribution in [-0.2, 0) is 6.54 Å². The maximum Gasteiger partial charge on any atom is 0.219 e. The highest BCUT2D eigenvalue weighted by Crippen LogP contribution is 2.42. The number of halogens is 1. The molecule has 1 fully saturated rings. The van der Waals surface area contributed by atoms with E-state index in [-0.39, 0.29) is 5.95 Å². The second-order valence-corrected chi connectivity index (χ2v) is 11.1. The number of benzene rings is 2. The minimum atomic E-state index is 0.264. The minimum absolute atomic E-state index is 0.264. The lowest BCUT2D eigenvalue weighted by Crippen LogP contribution is -2.40. The average Bonchev–Trinajstić information content (AvgIpc) is 3.29. The molecule has 6 nitrogen and oxygen atoms in total. The first-order valence-corrected chi connectivity index (χ1v) is 14.3. The summed E-state index contributed by atoms with van der Waals surface area (Å²) in [6.07, 6.45) is 7.95. The summed E-state index contributed by atoms with van der Waals surface area (Å²) in [7, 11) is 2.06. The van der Waals surface area contributed by atoms with Crippen LogP contribution in [0.1, 0.15) is 43.0 Å². The number of ether oxygens (including phenoxy) is 1. The summed E-state index contributed by atoms with van der Waals surface area (Å²) in [6, 6.07) is 15.5. The van der Waals surface area contributed by atoms with Gasteiger partial charge < -0.3 is 20.7 Å². The molecule has 1 saturated carbocycles. The predicted octanol–water partition coefficient (Wildman–Crippen LogP) is 7.00. The van der Waals surface area contributed by atoms with Crippen molar-refractivity contribution < 1.29 is 4.74 Å². The molecule has 2 aromatic carbocycles. The topological polar surface area (TPSA) is 76.3 Å². The molecule has 0 radical (unpaired) electrons. The number of thiophene rings is 1. The maximum atomic E-state index is 6.95. The van der Waals surface area contributed by atoms with Crippen LogP contribution in [-0.4, -0.2) is 40.6 Å². The standard InChI is InChI=1S/C30H34ClN5OS/c1-4-37-26-14-9-20(22-16-34-30(32)35-17-22)15-21(26)18-36(24-12-10-23(33-3)11-13-24)19(2)29-28(31)25-7-5-6-8-27(25)38-29/h5-9,14-17,23-24,33H,2,4,10-13,18H2,1,3H3,(H2,32,34,35)/t23-,24-. The third kappa shape index (κ3) is 5.51. The van der Waals surface area contributed by atoms with Crippen molar-refractivity contribution in [3.8, 4) is 16.9 Å². The van der Waals surface area contributed by atoms with E-state index in [1.165, 1.54) is 4.70 Å². The van der Waals surface area contributed by atoms with Gasteiger partial charge in [-0.1, -0.05) is 42.4 Å². The van der Waals surface area contributed by atoms with Gasteiger partial charge in [-0.2, -0.15) is 0 Å². The molecule has 0 saturated heterocycles. The number of hydrogen-bond acceptors (Lipinski definition) is 7. The monoisotopic (exact) mass is 547 g/mol. The van der Waals surface area contributed by atoms with Crippen molar-refractivity contribution in [1.29, 1.82) is 0 Å². The maximum absolute atomic E-state index is 6.95. The zero-order chi connectivity index (χ0) is 26.6. The van der Waals surface area contributed by atoms with Crippen molar-refractivity contribution in [2.24, 2.45) is 0 Å². The molecule has 198 valence electrons. The predicted molar refractivity (Wildman–Crippen MR) is 160 cm³/mol. The highest BCUT2D eigenvalue weighted by atomic mass is 35.5. The molecule has 0 amide bonds. The van der Waals surface area contributed by atoms with Gasteiger partial charge in [-0.3, -0.25) is 0 Å². The first-order valence-electron chi connectivity index (χ1n) is 13.1. The van der Waals surface area contributed by atoms with E-state index in [0.29, 0.717) is 25.2 Å². The van der Waals surface area contributed by atoms with Gasteiger partial charge in [0.15, 0.2) is 0 Å². The zero-order valence-electron chi connectivity index (χ0n) is 21.9. The van der Waals surface area contributed by atoms with E-state index >= 15 is 0 Å². The lowest BCUT2D eigenvalue weighted by atomic mass is 9.89. The second-order valence-electron chi connectivity index (χ2n) is 9.70. The van der Waals surface area contributed by atoms with Crippen LogP contribution < -0.4 is 15.8 Å². The van der Waals surface area contributed by atoms with Crippen LogP contribution in [0.25, 0.3) is 26.9 Å².